The summed E-state index contributed by atoms with van der Waals surface area (Å²) in [6, 6.07) is 4.81. The summed E-state index contributed by atoms with van der Waals surface area (Å²) in [4.78, 5) is 1.09. The Balaban J connectivity index is 2.22. The Kier molecular flexibility index (Phi) is 4.55. The summed E-state index contributed by atoms with van der Waals surface area (Å²) in [5.41, 5.74) is 6.31. The van der Waals surface area contributed by atoms with Gasteiger partial charge in [0.25, 0.3) is 0 Å². The number of aryl methyl sites for hydroxylation is 1. The lowest BCUT2D eigenvalue weighted by Gasteiger charge is -2.11. The number of nitrogens with two attached hydrogens (primary N) is 1. The number of nitrogens with one attached hydrogen (secondary N) is 1. The molecule has 8 heteroatoms. The van der Waals surface area contributed by atoms with E-state index < -0.39 is 10.0 Å². The normalized spacial score (nSPS) is 13.6. The predicted molar refractivity (Wildman–Crippen MR) is 81.4 cm³/mol. The fourth-order valence-corrected chi connectivity index (χ4v) is 4.30. The van der Waals surface area contributed by atoms with Crippen LogP contribution in [0.15, 0.2) is 29.3 Å². The molecule has 0 aliphatic carbocycles. The number of sulfonamides is 1. The number of rotatable bonds is 5. The molecule has 3 N–H and O–H groups in total. The molecule has 2 aromatic rings. The molecule has 1 unspecified atom stereocenters. The Bertz CT molecular complexity index is 706. The van der Waals surface area contributed by atoms with Gasteiger partial charge in [-0.05, 0) is 25.1 Å². The molecule has 5 nitrogen and oxygen atoms in total. The minimum Gasteiger partial charge on any atom is -0.352 e. The molecule has 0 fully saturated rings. The minimum atomic E-state index is -3.57. The van der Waals surface area contributed by atoms with Crippen LogP contribution in [-0.2, 0) is 23.6 Å². The van der Waals surface area contributed by atoms with Crippen molar-refractivity contribution in [3.63, 3.8) is 0 Å². The summed E-state index contributed by atoms with van der Waals surface area (Å²) in [6.45, 7) is 2.08. The molecule has 20 heavy (non-hydrogen) atoms. The quantitative estimate of drug-likeness (QED) is 0.881. The average molecular weight is 334 g/mol. The van der Waals surface area contributed by atoms with Crippen LogP contribution in [-0.4, -0.2) is 13.0 Å². The van der Waals surface area contributed by atoms with Crippen LogP contribution in [0, 0.1) is 0 Å². The van der Waals surface area contributed by atoms with E-state index >= 15 is 0 Å². The van der Waals surface area contributed by atoms with Crippen LogP contribution >= 0.6 is 22.9 Å². The van der Waals surface area contributed by atoms with Crippen molar-refractivity contribution in [2.24, 2.45) is 12.8 Å². The van der Waals surface area contributed by atoms with E-state index in [0.29, 0.717) is 10.9 Å². The summed E-state index contributed by atoms with van der Waals surface area (Å²) in [7, 11) is -1.81. The van der Waals surface area contributed by atoms with Crippen molar-refractivity contribution in [3.8, 4) is 0 Å². The molecular weight excluding hydrogens is 318 g/mol. The maximum absolute atomic E-state index is 12.3. The van der Waals surface area contributed by atoms with Gasteiger partial charge in [0.05, 0.1) is 15.3 Å². The van der Waals surface area contributed by atoms with E-state index in [1.54, 1.807) is 36.9 Å². The third-order valence-electron chi connectivity index (χ3n) is 2.95. The molecule has 2 rings (SSSR count). The van der Waals surface area contributed by atoms with Gasteiger partial charge in [0.1, 0.15) is 0 Å². The van der Waals surface area contributed by atoms with Gasteiger partial charge < -0.3 is 10.3 Å². The smallest absolute Gasteiger partial charge is 0.242 e. The van der Waals surface area contributed by atoms with Crippen molar-refractivity contribution >= 4 is 33.0 Å². The van der Waals surface area contributed by atoms with Crippen LogP contribution in [0.3, 0.4) is 0 Å². The fraction of sp³-hybridized carbons (Fsp3) is 0.333. The highest BCUT2D eigenvalue weighted by Gasteiger charge is 2.21. The molecule has 0 saturated heterocycles. The molecule has 0 amide bonds. The maximum Gasteiger partial charge on any atom is 0.242 e. The van der Waals surface area contributed by atoms with E-state index in [1.165, 1.54) is 11.3 Å². The van der Waals surface area contributed by atoms with Crippen LogP contribution in [0.5, 0.6) is 0 Å². The highest BCUT2D eigenvalue weighted by atomic mass is 35.5. The van der Waals surface area contributed by atoms with E-state index in [0.717, 1.165) is 10.6 Å². The molecule has 0 bridgehead atoms. The van der Waals surface area contributed by atoms with Crippen molar-refractivity contribution in [2.45, 2.75) is 24.4 Å². The molecule has 2 heterocycles. The fourth-order valence-electron chi connectivity index (χ4n) is 1.85. The minimum absolute atomic E-state index is 0.218. The van der Waals surface area contributed by atoms with Crippen LogP contribution in [0.25, 0.3) is 0 Å². The van der Waals surface area contributed by atoms with Gasteiger partial charge in [0.2, 0.25) is 10.0 Å². The Morgan fingerprint density at radius 1 is 1.50 bits per heavy atom. The van der Waals surface area contributed by atoms with Gasteiger partial charge in [-0.15, -0.1) is 11.3 Å². The molecule has 110 valence electrons. The molecule has 0 radical (unpaired) electrons. The highest BCUT2D eigenvalue weighted by Crippen LogP contribution is 2.27. The van der Waals surface area contributed by atoms with Crippen LogP contribution < -0.4 is 10.5 Å². The van der Waals surface area contributed by atoms with Crippen molar-refractivity contribution in [1.29, 1.82) is 0 Å². The highest BCUT2D eigenvalue weighted by molar-refractivity contribution is 7.89. The third kappa shape index (κ3) is 3.24. The lowest BCUT2D eigenvalue weighted by molar-refractivity contribution is 0.568. The predicted octanol–water partition coefficient (Wildman–Crippen LogP) is 2.24. The van der Waals surface area contributed by atoms with E-state index in [2.05, 4.69) is 4.72 Å². The van der Waals surface area contributed by atoms with Gasteiger partial charge in [-0.2, -0.15) is 0 Å². The molecular formula is C12H16ClN3O2S2. The third-order valence-corrected chi connectivity index (χ3v) is 5.88. The zero-order valence-corrected chi connectivity index (χ0v) is 13.5. The summed E-state index contributed by atoms with van der Waals surface area (Å²) in [6.07, 6.45) is 1.55. The van der Waals surface area contributed by atoms with E-state index in [4.69, 9.17) is 17.3 Å². The Hall–Kier alpha value is -0.860. The van der Waals surface area contributed by atoms with Gasteiger partial charge in [0.15, 0.2) is 0 Å². The van der Waals surface area contributed by atoms with Gasteiger partial charge in [-0.3, -0.25) is 0 Å². The number of hydrogen-bond acceptors (Lipinski definition) is 4. The number of aromatic nitrogens is 1. The van der Waals surface area contributed by atoms with Crippen molar-refractivity contribution in [1.82, 2.24) is 9.29 Å². The van der Waals surface area contributed by atoms with Crippen molar-refractivity contribution in [2.75, 3.05) is 0 Å². The Morgan fingerprint density at radius 2 is 2.20 bits per heavy atom. The van der Waals surface area contributed by atoms with Gasteiger partial charge in [-0.1, -0.05) is 11.6 Å². The van der Waals surface area contributed by atoms with E-state index in [9.17, 15) is 8.42 Å². The molecule has 2 aromatic heterocycles. The van der Waals surface area contributed by atoms with E-state index in [1.807, 2.05) is 6.07 Å². The van der Waals surface area contributed by atoms with Crippen LogP contribution in [0.4, 0.5) is 0 Å². The molecule has 0 aromatic carbocycles. The molecule has 0 spiro atoms. The molecule has 1 atom stereocenters. The average Bonchev–Trinajstić information content (AvgIpc) is 2.95. The largest absolute Gasteiger partial charge is 0.352 e. The number of hydrogen-bond donors (Lipinski definition) is 2. The second kappa shape index (κ2) is 5.87. The zero-order chi connectivity index (χ0) is 14.9. The standard InChI is InChI=1S/C12H16ClN3O2S2/c1-8(11-3-4-12(13)19-11)15-20(17,18)10-5-9(6-14)16(2)7-10/h3-5,7-8,15H,6,14H2,1-2H3. The first-order valence-electron chi connectivity index (χ1n) is 5.96. The first-order chi connectivity index (χ1) is 9.33. The van der Waals surface area contributed by atoms with Gasteiger partial charge >= 0.3 is 0 Å². The van der Waals surface area contributed by atoms with Crippen molar-refractivity contribution in [3.05, 3.63) is 39.3 Å². The van der Waals surface area contributed by atoms with Gasteiger partial charge in [-0.25, -0.2) is 13.1 Å². The number of nitrogens with zero attached hydrogens (tertiary/aromatic N) is 1. The SMILES string of the molecule is CC(NS(=O)(=O)c1cc(CN)n(C)c1)c1ccc(Cl)s1. The number of halogens is 1. The van der Waals surface area contributed by atoms with Crippen molar-refractivity contribution < 1.29 is 8.42 Å². The summed E-state index contributed by atoms with van der Waals surface area (Å²) < 4.78 is 29.6. The van der Waals surface area contributed by atoms with Crippen LogP contribution in [0.1, 0.15) is 23.5 Å². The first kappa shape index (κ1) is 15.5. The van der Waals surface area contributed by atoms with Gasteiger partial charge in [0, 0.05) is 30.4 Å². The van der Waals surface area contributed by atoms with E-state index in [-0.39, 0.29) is 10.9 Å². The molecule has 0 aliphatic heterocycles. The second-order valence-corrected chi connectivity index (χ2v) is 7.93. The molecule has 0 aliphatic rings. The molecule has 0 saturated carbocycles. The summed E-state index contributed by atoms with van der Waals surface area (Å²) >= 11 is 7.22. The Labute approximate surface area is 127 Å². The second-order valence-electron chi connectivity index (χ2n) is 4.47. The Morgan fingerprint density at radius 3 is 2.70 bits per heavy atom. The number of thiophene rings is 1. The lowest BCUT2D eigenvalue weighted by Crippen LogP contribution is -2.26. The maximum atomic E-state index is 12.3. The zero-order valence-electron chi connectivity index (χ0n) is 11.1. The summed E-state index contributed by atoms with van der Waals surface area (Å²) in [5, 5.41) is 0. The topological polar surface area (TPSA) is 77.1 Å². The monoisotopic (exact) mass is 333 g/mol. The van der Waals surface area contributed by atoms with Crippen LogP contribution in [0.2, 0.25) is 4.34 Å². The summed E-state index contributed by atoms with van der Waals surface area (Å²) in [5.74, 6) is 0. The lowest BCUT2D eigenvalue weighted by atomic mass is 10.3. The first-order valence-corrected chi connectivity index (χ1v) is 8.64.